The van der Waals surface area contributed by atoms with Crippen molar-refractivity contribution in [2.45, 2.75) is 59.8 Å². The van der Waals surface area contributed by atoms with Crippen molar-refractivity contribution in [3.63, 3.8) is 0 Å². The van der Waals surface area contributed by atoms with Crippen LogP contribution in [0.4, 0.5) is 0 Å². The minimum Gasteiger partial charge on any atom is -0.0765 e. The van der Waals surface area contributed by atoms with Crippen molar-refractivity contribution >= 4 is 5.57 Å². The van der Waals surface area contributed by atoms with Gasteiger partial charge in [0.05, 0.1) is 0 Å². The van der Waals surface area contributed by atoms with Crippen LogP contribution >= 0.6 is 0 Å². The lowest BCUT2D eigenvalue weighted by molar-refractivity contribution is 0.189. The van der Waals surface area contributed by atoms with Crippen LogP contribution in [-0.4, -0.2) is 0 Å². The van der Waals surface area contributed by atoms with Crippen LogP contribution in [0.15, 0.2) is 30.3 Å². The molecule has 0 amide bonds. The summed E-state index contributed by atoms with van der Waals surface area (Å²) in [6.45, 7) is 14.2. The number of benzene rings is 1. The normalized spacial score (nSPS) is 31.5. The van der Waals surface area contributed by atoms with Gasteiger partial charge in [-0.1, -0.05) is 71.9 Å². The molecule has 0 spiro atoms. The molecule has 0 heteroatoms. The van der Waals surface area contributed by atoms with E-state index in [9.17, 15) is 0 Å². The van der Waals surface area contributed by atoms with E-state index in [4.69, 9.17) is 0 Å². The number of allylic oxidation sites excluding steroid dienone is 2. The zero-order chi connectivity index (χ0) is 14.8. The van der Waals surface area contributed by atoms with E-state index in [1.165, 1.54) is 24.0 Å². The average Bonchev–Trinajstić information content (AvgIpc) is 2.70. The van der Waals surface area contributed by atoms with Gasteiger partial charge in [0, 0.05) is 0 Å². The molecule has 2 bridgehead atoms. The quantitative estimate of drug-likeness (QED) is 0.601. The summed E-state index contributed by atoms with van der Waals surface area (Å²) >= 11 is 0. The van der Waals surface area contributed by atoms with Crippen molar-refractivity contribution in [2.75, 3.05) is 0 Å². The molecule has 0 aliphatic heterocycles. The van der Waals surface area contributed by atoms with E-state index in [1.807, 2.05) is 0 Å². The third-order valence-electron chi connectivity index (χ3n) is 6.33. The molecule has 108 valence electrons. The van der Waals surface area contributed by atoms with Gasteiger partial charge in [-0.05, 0) is 51.7 Å². The molecular formula is C20H28. The van der Waals surface area contributed by atoms with Gasteiger partial charge in [-0.2, -0.15) is 0 Å². The van der Waals surface area contributed by atoms with Crippen molar-refractivity contribution < 1.29 is 0 Å². The molecule has 20 heavy (non-hydrogen) atoms. The molecule has 0 heterocycles. The van der Waals surface area contributed by atoms with Crippen molar-refractivity contribution in [1.29, 1.82) is 0 Å². The summed E-state index contributed by atoms with van der Waals surface area (Å²) in [6, 6.07) is 9.32. The Kier molecular flexibility index (Phi) is 2.78. The van der Waals surface area contributed by atoms with Gasteiger partial charge in [0.2, 0.25) is 0 Å². The number of hydrogen-bond donors (Lipinski definition) is 0. The monoisotopic (exact) mass is 268 g/mol. The van der Waals surface area contributed by atoms with Crippen LogP contribution in [0, 0.1) is 16.7 Å². The lowest BCUT2D eigenvalue weighted by atomic mass is 9.66. The highest BCUT2D eigenvalue weighted by atomic mass is 14.6. The van der Waals surface area contributed by atoms with E-state index in [0.717, 1.165) is 5.92 Å². The molecule has 0 N–H and O–H groups in total. The molecule has 2 unspecified atom stereocenters. The molecule has 2 atom stereocenters. The highest BCUT2D eigenvalue weighted by molar-refractivity contribution is 5.75. The minimum atomic E-state index is 0.241. The maximum absolute atomic E-state index is 2.57. The van der Waals surface area contributed by atoms with Crippen molar-refractivity contribution in [3.8, 4) is 0 Å². The Labute approximate surface area is 124 Å². The summed E-state index contributed by atoms with van der Waals surface area (Å²) in [6.07, 6.45) is 5.28. The van der Waals surface area contributed by atoms with Gasteiger partial charge < -0.3 is 0 Å². The van der Waals surface area contributed by atoms with Crippen LogP contribution in [0.5, 0.6) is 0 Å². The molecule has 0 saturated heterocycles. The highest BCUT2D eigenvalue weighted by Crippen LogP contribution is 2.67. The first kappa shape index (κ1) is 13.9. The Morgan fingerprint density at radius 3 is 2.00 bits per heavy atom. The Hall–Kier alpha value is -1.04. The van der Waals surface area contributed by atoms with Crippen LogP contribution < -0.4 is 0 Å². The van der Waals surface area contributed by atoms with Gasteiger partial charge >= 0.3 is 0 Å². The van der Waals surface area contributed by atoms with Crippen LogP contribution in [0.2, 0.25) is 0 Å². The van der Waals surface area contributed by atoms with Crippen LogP contribution in [0.25, 0.3) is 5.57 Å². The Morgan fingerprint density at radius 2 is 1.60 bits per heavy atom. The molecule has 2 aliphatic rings. The van der Waals surface area contributed by atoms with E-state index in [-0.39, 0.29) is 5.41 Å². The van der Waals surface area contributed by atoms with Crippen molar-refractivity contribution in [3.05, 3.63) is 41.5 Å². The lowest BCUT2D eigenvalue weighted by Crippen LogP contribution is -2.29. The van der Waals surface area contributed by atoms with Gasteiger partial charge in [0.25, 0.3) is 0 Å². The summed E-state index contributed by atoms with van der Waals surface area (Å²) in [4.78, 5) is 0. The summed E-state index contributed by atoms with van der Waals surface area (Å²) in [5, 5.41) is 0. The number of hydrogen-bond acceptors (Lipinski definition) is 0. The molecule has 0 aromatic heterocycles. The van der Waals surface area contributed by atoms with E-state index >= 15 is 0 Å². The maximum atomic E-state index is 2.57. The fourth-order valence-corrected chi connectivity index (χ4v) is 4.26. The van der Waals surface area contributed by atoms with E-state index < -0.39 is 0 Å². The van der Waals surface area contributed by atoms with Crippen LogP contribution in [0.3, 0.4) is 0 Å². The standard InChI is InChI=1S/C20H28/c1-18(2,3)15-9-7-14(8-10-15)17-13-16-11-12-20(17,6)19(16,4)5/h7-10,13,16H,11-12H2,1-6H3. The van der Waals surface area contributed by atoms with E-state index in [1.54, 1.807) is 5.57 Å². The predicted octanol–water partition coefficient (Wildman–Crippen LogP) is 5.82. The average molecular weight is 268 g/mol. The smallest absolute Gasteiger partial charge is 0.00155 e. The largest absolute Gasteiger partial charge is 0.0765 e. The lowest BCUT2D eigenvalue weighted by Gasteiger charge is -2.38. The molecule has 1 aromatic rings. The number of fused-ring (bicyclic) bond motifs is 2. The second-order valence-corrected chi connectivity index (χ2v) is 8.61. The third kappa shape index (κ3) is 1.73. The summed E-state index contributed by atoms with van der Waals surface area (Å²) in [7, 11) is 0. The fourth-order valence-electron chi connectivity index (χ4n) is 4.26. The van der Waals surface area contributed by atoms with Gasteiger partial charge in [0.15, 0.2) is 0 Å². The Balaban J connectivity index is 1.98. The molecule has 1 saturated carbocycles. The second-order valence-electron chi connectivity index (χ2n) is 8.61. The highest BCUT2D eigenvalue weighted by Gasteiger charge is 2.57. The first-order valence-corrected chi connectivity index (χ1v) is 7.99. The Bertz CT molecular complexity index is 551. The molecule has 1 aromatic carbocycles. The van der Waals surface area contributed by atoms with E-state index in [2.05, 4.69) is 71.9 Å². The second kappa shape index (κ2) is 4.00. The summed E-state index contributed by atoms with van der Waals surface area (Å²) in [5.41, 5.74) is 5.49. The molecule has 3 rings (SSSR count). The van der Waals surface area contributed by atoms with E-state index in [0.29, 0.717) is 10.8 Å². The predicted molar refractivity (Wildman–Crippen MR) is 87.7 cm³/mol. The van der Waals surface area contributed by atoms with Gasteiger partial charge in [-0.25, -0.2) is 0 Å². The molecule has 2 aliphatic carbocycles. The third-order valence-corrected chi connectivity index (χ3v) is 6.33. The molecule has 0 radical (unpaired) electrons. The minimum absolute atomic E-state index is 0.241. The van der Waals surface area contributed by atoms with Crippen molar-refractivity contribution in [1.82, 2.24) is 0 Å². The van der Waals surface area contributed by atoms with Gasteiger partial charge in [-0.3, -0.25) is 0 Å². The fraction of sp³-hybridized carbons (Fsp3) is 0.600. The Morgan fingerprint density at radius 1 is 1.00 bits per heavy atom. The SMILES string of the molecule is CC(C)(C)c1ccc(C2=CC3CCC2(C)C3(C)C)cc1. The first-order chi connectivity index (χ1) is 9.16. The topological polar surface area (TPSA) is 0 Å². The molecule has 0 nitrogen and oxygen atoms in total. The van der Waals surface area contributed by atoms with Gasteiger partial charge in [-0.15, -0.1) is 0 Å². The maximum Gasteiger partial charge on any atom is -0.00155 e. The molecule has 1 fully saturated rings. The summed E-state index contributed by atoms with van der Waals surface area (Å²) < 4.78 is 0. The zero-order valence-electron chi connectivity index (χ0n) is 13.9. The first-order valence-electron chi connectivity index (χ1n) is 7.99. The zero-order valence-corrected chi connectivity index (χ0v) is 13.9. The number of rotatable bonds is 1. The van der Waals surface area contributed by atoms with Gasteiger partial charge in [0.1, 0.15) is 0 Å². The summed E-state index contributed by atoms with van der Waals surface area (Å²) in [5.74, 6) is 0.768. The van der Waals surface area contributed by atoms with Crippen molar-refractivity contribution in [2.24, 2.45) is 16.7 Å². The molecular weight excluding hydrogens is 240 g/mol. The van der Waals surface area contributed by atoms with Crippen LogP contribution in [-0.2, 0) is 5.41 Å². The van der Waals surface area contributed by atoms with Crippen LogP contribution in [0.1, 0.15) is 65.5 Å².